The van der Waals surface area contributed by atoms with Crippen LogP contribution in [0.3, 0.4) is 0 Å². The van der Waals surface area contributed by atoms with Crippen LogP contribution in [-0.4, -0.2) is 43.3 Å². The Kier molecular flexibility index (Phi) is 6.51. The Morgan fingerprint density at radius 3 is 2.62 bits per heavy atom. The Bertz CT molecular complexity index is 434. The molecule has 1 aromatic heterocycles. The smallest absolute Gasteiger partial charge is 0.0931 e. The lowest BCUT2D eigenvalue weighted by atomic mass is 9.85. The second kappa shape index (κ2) is 7.93. The normalized spacial score (nSPS) is 21.1. The second-order valence-corrected chi connectivity index (χ2v) is 7.59. The lowest BCUT2D eigenvalue weighted by molar-refractivity contribution is -0.0323. The maximum Gasteiger partial charge on any atom is 0.0931 e. The Balaban J connectivity index is 2.26. The maximum absolute atomic E-state index is 6.17. The lowest BCUT2D eigenvalue weighted by Gasteiger charge is -2.47. The van der Waals surface area contributed by atoms with Crippen LogP contribution < -0.4 is 5.32 Å². The highest BCUT2D eigenvalue weighted by atomic mass is 35.5. The number of hydrogen-bond acceptors (Lipinski definition) is 4. The summed E-state index contributed by atoms with van der Waals surface area (Å²) in [5, 5.41) is 3.76. The topological polar surface area (TPSA) is 24.5 Å². The number of ether oxygens (including phenoxy) is 1. The van der Waals surface area contributed by atoms with Crippen LogP contribution in [0.4, 0.5) is 0 Å². The standard InChI is InChI=1S/C16H27ClN2OS/c1-4-8-18-15(13-6-7-14(17)21-13)16(3,5-2)19-9-11-20-12-10-19/h6-7,15,18H,4-5,8-12H2,1-3H3. The van der Waals surface area contributed by atoms with Crippen molar-refractivity contribution in [2.45, 2.75) is 45.2 Å². The SMILES string of the molecule is CCCNC(c1ccc(Cl)s1)C(C)(CC)N1CCOCC1. The molecule has 2 heterocycles. The summed E-state index contributed by atoms with van der Waals surface area (Å²) in [6, 6.07) is 4.50. The number of halogens is 1. The maximum atomic E-state index is 6.17. The number of nitrogens with zero attached hydrogens (tertiary/aromatic N) is 1. The van der Waals surface area contributed by atoms with Crippen molar-refractivity contribution in [2.75, 3.05) is 32.8 Å². The first-order valence-corrected chi connectivity index (χ1v) is 9.12. The first-order valence-electron chi connectivity index (χ1n) is 7.93. The van der Waals surface area contributed by atoms with Gasteiger partial charge in [0.1, 0.15) is 0 Å². The highest BCUT2D eigenvalue weighted by Gasteiger charge is 2.40. The molecular weight excluding hydrogens is 304 g/mol. The molecule has 120 valence electrons. The van der Waals surface area contributed by atoms with Crippen LogP contribution in [0, 0.1) is 0 Å². The predicted octanol–water partition coefficient (Wildman–Crippen LogP) is 3.94. The summed E-state index contributed by atoms with van der Waals surface area (Å²) in [5.41, 5.74) is 0.0904. The fourth-order valence-electron chi connectivity index (χ4n) is 3.08. The number of thiophene rings is 1. The summed E-state index contributed by atoms with van der Waals surface area (Å²) in [6.45, 7) is 11.6. The van der Waals surface area contributed by atoms with Gasteiger partial charge in [0.05, 0.1) is 23.6 Å². The van der Waals surface area contributed by atoms with E-state index in [1.54, 1.807) is 11.3 Å². The molecule has 5 heteroatoms. The van der Waals surface area contributed by atoms with E-state index in [1.807, 2.05) is 6.07 Å². The molecule has 1 aromatic rings. The first-order chi connectivity index (χ1) is 10.1. The molecule has 1 aliphatic heterocycles. The number of hydrogen-bond donors (Lipinski definition) is 1. The fourth-order valence-corrected chi connectivity index (χ4v) is 4.37. The van der Waals surface area contributed by atoms with E-state index in [4.69, 9.17) is 16.3 Å². The highest BCUT2D eigenvalue weighted by molar-refractivity contribution is 7.16. The van der Waals surface area contributed by atoms with E-state index in [0.717, 1.165) is 50.0 Å². The predicted molar refractivity (Wildman–Crippen MR) is 91.5 cm³/mol. The minimum absolute atomic E-state index is 0.0904. The molecule has 0 bridgehead atoms. The second-order valence-electron chi connectivity index (χ2n) is 5.84. The average Bonchev–Trinajstić information content (AvgIpc) is 2.94. The van der Waals surface area contributed by atoms with Gasteiger partial charge in [-0.2, -0.15) is 0 Å². The van der Waals surface area contributed by atoms with E-state index in [0.29, 0.717) is 6.04 Å². The zero-order valence-corrected chi connectivity index (χ0v) is 14.9. The van der Waals surface area contributed by atoms with Gasteiger partial charge in [0.25, 0.3) is 0 Å². The lowest BCUT2D eigenvalue weighted by Crippen LogP contribution is -2.57. The van der Waals surface area contributed by atoms with Gasteiger partial charge in [-0.15, -0.1) is 11.3 Å². The van der Waals surface area contributed by atoms with Crippen molar-refractivity contribution in [1.29, 1.82) is 0 Å². The van der Waals surface area contributed by atoms with Crippen molar-refractivity contribution in [3.8, 4) is 0 Å². The van der Waals surface area contributed by atoms with Gasteiger partial charge < -0.3 is 10.1 Å². The van der Waals surface area contributed by atoms with Gasteiger partial charge in [-0.3, -0.25) is 4.90 Å². The van der Waals surface area contributed by atoms with Crippen molar-refractivity contribution in [3.63, 3.8) is 0 Å². The minimum atomic E-state index is 0.0904. The van der Waals surface area contributed by atoms with Crippen molar-refractivity contribution < 1.29 is 4.74 Å². The van der Waals surface area contributed by atoms with E-state index in [9.17, 15) is 0 Å². The van der Waals surface area contributed by atoms with Crippen LogP contribution in [0.15, 0.2) is 12.1 Å². The van der Waals surface area contributed by atoms with E-state index in [2.05, 4.69) is 37.1 Å². The number of rotatable bonds is 7. The molecule has 0 aliphatic carbocycles. The van der Waals surface area contributed by atoms with E-state index < -0.39 is 0 Å². The molecule has 1 saturated heterocycles. The van der Waals surface area contributed by atoms with E-state index in [1.165, 1.54) is 4.88 Å². The van der Waals surface area contributed by atoms with Crippen LogP contribution in [-0.2, 0) is 4.74 Å². The van der Waals surface area contributed by atoms with E-state index in [-0.39, 0.29) is 5.54 Å². The summed E-state index contributed by atoms with van der Waals surface area (Å²) in [4.78, 5) is 3.92. The monoisotopic (exact) mass is 330 g/mol. The van der Waals surface area contributed by atoms with Crippen molar-refractivity contribution in [1.82, 2.24) is 10.2 Å². The van der Waals surface area contributed by atoms with Gasteiger partial charge in [0.15, 0.2) is 0 Å². The molecule has 0 radical (unpaired) electrons. The molecule has 3 nitrogen and oxygen atoms in total. The van der Waals surface area contributed by atoms with Crippen molar-refractivity contribution in [3.05, 3.63) is 21.3 Å². The van der Waals surface area contributed by atoms with Gasteiger partial charge in [0, 0.05) is 23.5 Å². The molecule has 1 N–H and O–H groups in total. The van der Waals surface area contributed by atoms with Crippen LogP contribution in [0.1, 0.15) is 44.5 Å². The minimum Gasteiger partial charge on any atom is -0.379 e. The van der Waals surface area contributed by atoms with Crippen LogP contribution >= 0.6 is 22.9 Å². The molecule has 21 heavy (non-hydrogen) atoms. The molecule has 2 atom stereocenters. The van der Waals surface area contributed by atoms with Crippen LogP contribution in [0.2, 0.25) is 4.34 Å². The molecule has 0 amide bonds. The zero-order valence-electron chi connectivity index (χ0n) is 13.3. The summed E-state index contributed by atoms with van der Waals surface area (Å²) in [5.74, 6) is 0. The number of nitrogens with one attached hydrogen (secondary N) is 1. The highest BCUT2D eigenvalue weighted by Crippen LogP contribution is 2.38. The molecule has 0 spiro atoms. The van der Waals surface area contributed by atoms with Crippen molar-refractivity contribution >= 4 is 22.9 Å². The molecule has 2 unspecified atom stereocenters. The summed E-state index contributed by atoms with van der Waals surface area (Å²) in [6.07, 6.45) is 2.24. The molecule has 0 saturated carbocycles. The summed E-state index contributed by atoms with van der Waals surface area (Å²) >= 11 is 7.87. The third-order valence-electron chi connectivity index (χ3n) is 4.55. The molecule has 0 aromatic carbocycles. The largest absolute Gasteiger partial charge is 0.379 e. The molecule has 2 rings (SSSR count). The first kappa shape index (κ1) is 17.2. The van der Waals surface area contributed by atoms with E-state index >= 15 is 0 Å². The van der Waals surface area contributed by atoms with Crippen LogP contribution in [0.5, 0.6) is 0 Å². The fraction of sp³-hybridized carbons (Fsp3) is 0.750. The van der Waals surface area contributed by atoms with Crippen LogP contribution in [0.25, 0.3) is 0 Å². The third kappa shape index (κ3) is 3.99. The average molecular weight is 331 g/mol. The Morgan fingerprint density at radius 2 is 2.10 bits per heavy atom. The summed E-state index contributed by atoms with van der Waals surface area (Å²) < 4.78 is 6.40. The summed E-state index contributed by atoms with van der Waals surface area (Å²) in [7, 11) is 0. The quantitative estimate of drug-likeness (QED) is 0.819. The Labute approximate surface area is 137 Å². The van der Waals surface area contributed by atoms with Gasteiger partial charge >= 0.3 is 0 Å². The molecular formula is C16H27ClN2OS. The molecule has 1 aliphatic rings. The van der Waals surface area contributed by atoms with Gasteiger partial charge in [-0.1, -0.05) is 25.4 Å². The number of morpholine rings is 1. The Morgan fingerprint density at radius 1 is 1.38 bits per heavy atom. The Hall–Kier alpha value is -0.130. The van der Waals surface area contributed by atoms with Gasteiger partial charge in [-0.05, 0) is 38.4 Å². The van der Waals surface area contributed by atoms with Crippen molar-refractivity contribution in [2.24, 2.45) is 0 Å². The van der Waals surface area contributed by atoms with Gasteiger partial charge in [0.2, 0.25) is 0 Å². The van der Waals surface area contributed by atoms with Gasteiger partial charge in [-0.25, -0.2) is 0 Å². The third-order valence-corrected chi connectivity index (χ3v) is 5.84. The zero-order chi connectivity index (χ0) is 15.3. The molecule has 1 fully saturated rings.